The normalized spacial score (nSPS) is 26.5. The van der Waals surface area contributed by atoms with Gasteiger partial charge in [-0.3, -0.25) is 14.5 Å². The van der Waals surface area contributed by atoms with E-state index in [9.17, 15) is 9.59 Å². The number of hydrogen-bond acceptors (Lipinski definition) is 4. The first-order valence-corrected chi connectivity index (χ1v) is 8.82. The van der Waals surface area contributed by atoms with E-state index in [1.54, 1.807) is 12.1 Å². The van der Waals surface area contributed by atoms with Crippen LogP contribution in [0, 0.1) is 6.92 Å². The van der Waals surface area contributed by atoms with Crippen LogP contribution in [0.2, 0.25) is 0 Å². The molecule has 0 aliphatic carbocycles. The lowest BCUT2D eigenvalue weighted by molar-refractivity contribution is -0.0856. The summed E-state index contributed by atoms with van der Waals surface area (Å²) in [5.74, 6) is -0.154. The molecule has 6 heteroatoms. The highest BCUT2D eigenvalue weighted by Crippen LogP contribution is 2.22. The van der Waals surface area contributed by atoms with E-state index in [1.807, 2.05) is 11.8 Å². The SMILES string of the molecule is Cc1ccc(C(=O)N2CCC(N3C[C@@H](C)O[C@H](C)C3)CC2)c(=O)[nH]1. The van der Waals surface area contributed by atoms with Crippen molar-refractivity contribution in [2.24, 2.45) is 0 Å². The average molecular weight is 333 g/mol. The van der Waals surface area contributed by atoms with Gasteiger partial charge in [-0.25, -0.2) is 0 Å². The predicted octanol–water partition coefficient (Wildman–Crippen LogP) is 1.40. The first-order valence-electron chi connectivity index (χ1n) is 8.82. The van der Waals surface area contributed by atoms with Crippen molar-refractivity contribution < 1.29 is 9.53 Å². The lowest BCUT2D eigenvalue weighted by Crippen LogP contribution is -2.54. The van der Waals surface area contributed by atoms with Crippen LogP contribution >= 0.6 is 0 Å². The monoisotopic (exact) mass is 333 g/mol. The smallest absolute Gasteiger partial charge is 0.260 e. The molecule has 0 bridgehead atoms. The Balaban J connectivity index is 1.60. The maximum Gasteiger partial charge on any atom is 0.260 e. The van der Waals surface area contributed by atoms with Crippen molar-refractivity contribution in [1.82, 2.24) is 14.8 Å². The van der Waals surface area contributed by atoms with Gasteiger partial charge in [0.25, 0.3) is 11.5 Å². The zero-order valence-corrected chi connectivity index (χ0v) is 14.7. The summed E-state index contributed by atoms with van der Waals surface area (Å²) in [5.41, 5.74) is 0.719. The zero-order chi connectivity index (χ0) is 17.3. The van der Waals surface area contributed by atoms with Crippen LogP contribution in [0.1, 0.15) is 42.7 Å². The fourth-order valence-corrected chi connectivity index (χ4v) is 3.86. The molecule has 6 nitrogen and oxygen atoms in total. The molecule has 1 aromatic heterocycles. The van der Waals surface area contributed by atoms with Gasteiger partial charge in [0.2, 0.25) is 0 Å². The van der Waals surface area contributed by atoms with Crippen molar-refractivity contribution in [2.75, 3.05) is 26.2 Å². The summed E-state index contributed by atoms with van der Waals surface area (Å²) in [7, 11) is 0. The number of aromatic nitrogens is 1. The molecule has 2 aliphatic rings. The van der Waals surface area contributed by atoms with Gasteiger partial charge in [-0.2, -0.15) is 0 Å². The first kappa shape index (κ1) is 17.2. The molecule has 3 heterocycles. The molecular weight excluding hydrogens is 306 g/mol. The van der Waals surface area contributed by atoms with Gasteiger partial charge in [-0.05, 0) is 45.7 Å². The van der Waals surface area contributed by atoms with Gasteiger partial charge >= 0.3 is 0 Å². The van der Waals surface area contributed by atoms with E-state index in [4.69, 9.17) is 4.74 Å². The second-order valence-electron chi connectivity index (χ2n) is 7.12. The number of piperidine rings is 1. The molecule has 1 amide bonds. The maximum absolute atomic E-state index is 12.6. The number of morpholine rings is 1. The molecule has 2 atom stereocenters. The quantitative estimate of drug-likeness (QED) is 0.888. The number of carbonyl (C=O) groups excluding carboxylic acids is 1. The van der Waals surface area contributed by atoms with Crippen molar-refractivity contribution in [3.05, 3.63) is 33.7 Å². The number of H-pyrrole nitrogens is 1. The number of carbonyl (C=O) groups is 1. The lowest BCUT2D eigenvalue weighted by Gasteiger charge is -2.43. The molecule has 3 rings (SSSR count). The summed E-state index contributed by atoms with van der Waals surface area (Å²) in [6.07, 6.45) is 2.43. The Hall–Kier alpha value is -1.66. The summed E-state index contributed by atoms with van der Waals surface area (Å²) in [4.78, 5) is 31.6. The summed E-state index contributed by atoms with van der Waals surface area (Å²) in [6, 6.07) is 3.91. The minimum Gasteiger partial charge on any atom is -0.373 e. The molecule has 1 N–H and O–H groups in total. The largest absolute Gasteiger partial charge is 0.373 e. The molecule has 1 aromatic rings. The number of aryl methyl sites for hydroxylation is 1. The van der Waals surface area contributed by atoms with Gasteiger partial charge in [0.05, 0.1) is 12.2 Å². The van der Waals surface area contributed by atoms with E-state index in [-0.39, 0.29) is 29.2 Å². The Morgan fingerprint density at radius 1 is 1.17 bits per heavy atom. The first-order chi connectivity index (χ1) is 11.4. The van der Waals surface area contributed by atoms with Crippen LogP contribution in [0.5, 0.6) is 0 Å². The number of rotatable bonds is 2. The molecule has 0 aromatic carbocycles. The minimum atomic E-state index is -0.294. The fraction of sp³-hybridized carbons (Fsp3) is 0.667. The van der Waals surface area contributed by atoms with Crippen LogP contribution in [0.25, 0.3) is 0 Å². The number of ether oxygens (including phenoxy) is 1. The van der Waals surface area contributed by atoms with E-state index in [0.717, 1.165) is 31.6 Å². The molecule has 0 radical (unpaired) electrons. The molecule has 0 spiro atoms. The van der Waals surface area contributed by atoms with Crippen LogP contribution in [0.15, 0.2) is 16.9 Å². The lowest BCUT2D eigenvalue weighted by atomic mass is 10.0. The van der Waals surface area contributed by atoms with E-state index in [2.05, 4.69) is 23.7 Å². The number of nitrogens with one attached hydrogen (secondary N) is 1. The zero-order valence-electron chi connectivity index (χ0n) is 14.7. The highest BCUT2D eigenvalue weighted by Gasteiger charge is 2.32. The number of likely N-dealkylation sites (tertiary alicyclic amines) is 1. The molecule has 2 fully saturated rings. The van der Waals surface area contributed by atoms with Crippen molar-refractivity contribution in [1.29, 1.82) is 0 Å². The average Bonchev–Trinajstić information content (AvgIpc) is 2.53. The molecule has 0 saturated carbocycles. The number of aromatic amines is 1. The second-order valence-corrected chi connectivity index (χ2v) is 7.12. The van der Waals surface area contributed by atoms with Crippen LogP contribution in [-0.4, -0.2) is 65.1 Å². The number of amides is 1. The highest BCUT2D eigenvalue weighted by atomic mass is 16.5. The fourth-order valence-electron chi connectivity index (χ4n) is 3.86. The van der Waals surface area contributed by atoms with E-state index in [0.29, 0.717) is 19.1 Å². The Bertz CT molecular complexity index is 639. The van der Waals surface area contributed by atoms with Crippen LogP contribution in [0.4, 0.5) is 0 Å². The summed E-state index contributed by atoms with van der Waals surface area (Å²) >= 11 is 0. The number of hydrogen-bond donors (Lipinski definition) is 1. The van der Waals surface area contributed by atoms with Crippen LogP contribution in [-0.2, 0) is 4.74 Å². The molecular formula is C18H27N3O3. The standard InChI is InChI=1S/C18H27N3O3/c1-12-4-5-16(17(22)19-12)18(23)20-8-6-15(7-9-20)21-10-13(2)24-14(3)11-21/h4-5,13-15H,6-11H2,1-3H3,(H,19,22)/t13-,14-/m1/s1. The van der Waals surface area contributed by atoms with Gasteiger partial charge in [0, 0.05) is 37.9 Å². The molecule has 0 unspecified atom stereocenters. The third-order valence-corrected chi connectivity index (χ3v) is 5.00. The van der Waals surface area contributed by atoms with Gasteiger partial charge in [-0.15, -0.1) is 0 Å². The topological polar surface area (TPSA) is 65.6 Å². The number of nitrogens with zero attached hydrogens (tertiary/aromatic N) is 2. The number of pyridine rings is 1. The van der Waals surface area contributed by atoms with Gasteiger partial charge < -0.3 is 14.6 Å². The minimum absolute atomic E-state index is 0.154. The molecule has 2 saturated heterocycles. The van der Waals surface area contributed by atoms with Crippen molar-refractivity contribution >= 4 is 5.91 Å². The Morgan fingerprint density at radius 3 is 2.38 bits per heavy atom. The van der Waals surface area contributed by atoms with Crippen LogP contribution < -0.4 is 5.56 Å². The van der Waals surface area contributed by atoms with E-state index < -0.39 is 0 Å². The van der Waals surface area contributed by atoms with Crippen LogP contribution in [0.3, 0.4) is 0 Å². The van der Waals surface area contributed by atoms with Gasteiger partial charge in [-0.1, -0.05) is 0 Å². The highest BCUT2D eigenvalue weighted by molar-refractivity contribution is 5.93. The molecule has 132 valence electrons. The summed E-state index contributed by atoms with van der Waals surface area (Å²) < 4.78 is 5.80. The second kappa shape index (κ2) is 7.07. The summed E-state index contributed by atoms with van der Waals surface area (Å²) in [5, 5.41) is 0. The molecule has 2 aliphatic heterocycles. The Morgan fingerprint density at radius 2 is 1.79 bits per heavy atom. The maximum atomic E-state index is 12.6. The van der Waals surface area contributed by atoms with Crippen molar-refractivity contribution in [3.63, 3.8) is 0 Å². The van der Waals surface area contributed by atoms with E-state index >= 15 is 0 Å². The summed E-state index contributed by atoms with van der Waals surface area (Å²) in [6.45, 7) is 9.37. The van der Waals surface area contributed by atoms with Gasteiger partial charge in [0.15, 0.2) is 0 Å². The predicted molar refractivity (Wildman–Crippen MR) is 92.3 cm³/mol. The third kappa shape index (κ3) is 3.70. The van der Waals surface area contributed by atoms with Gasteiger partial charge in [0.1, 0.15) is 5.56 Å². The van der Waals surface area contributed by atoms with Crippen molar-refractivity contribution in [3.8, 4) is 0 Å². The van der Waals surface area contributed by atoms with E-state index in [1.165, 1.54) is 0 Å². The van der Waals surface area contributed by atoms with Crippen molar-refractivity contribution in [2.45, 2.75) is 51.9 Å². The Kier molecular flexibility index (Phi) is 5.06. The Labute approximate surface area is 142 Å². The molecule has 24 heavy (non-hydrogen) atoms. The third-order valence-electron chi connectivity index (χ3n) is 5.00.